The van der Waals surface area contributed by atoms with Crippen LogP contribution in [0.5, 0.6) is 0 Å². The van der Waals surface area contributed by atoms with Crippen molar-refractivity contribution in [3.05, 3.63) is 0 Å². The highest BCUT2D eigenvalue weighted by molar-refractivity contribution is 5.69. The molecule has 0 aromatic heterocycles. The zero-order valence-corrected chi connectivity index (χ0v) is 10.3. The number of hydrogen-bond donors (Lipinski definition) is 1. The largest absolute Gasteiger partial charge is 0.466 e. The van der Waals surface area contributed by atoms with Crippen LogP contribution in [0, 0.1) is 5.92 Å². The van der Waals surface area contributed by atoms with E-state index in [-0.39, 0.29) is 12.1 Å². The number of esters is 1. The number of aliphatic hydroxyl groups excluding tert-OH is 1. The average Bonchev–Trinajstić information content (AvgIpc) is 2.79. The first kappa shape index (κ1) is 13.5. The molecule has 1 unspecified atom stereocenters. The Bertz CT molecular complexity index is 197. The zero-order chi connectivity index (χ0) is 11.8. The van der Waals surface area contributed by atoms with Crippen LogP contribution in [0.15, 0.2) is 0 Å². The number of aliphatic hydroxyl groups is 1. The summed E-state index contributed by atoms with van der Waals surface area (Å²) in [6.07, 6.45) is 7.27. The van der Waals surface area contributed by atoms with Gasteiger partial charge >= 0.3 is 5.97 Å². The fourth-order valence-electron chi connectivity index (χ4n) is 2.25. The first-order valence-corrected chi connectivity index (χ1v) is 6.57. The monoisotopic (exact) mass is 228 g/mol. The molecule has 1 aliphatic carbocycles. The van der Waals surface area contributed by atoms with Crippen LogP contribution >= 0.6 is 0 Å². The van der Waals surface area contributed by atoms with Crippen LogP contribution in [-0.4, -0.2) is 23.8 Å². The van der Waals surface area contributed by atoms with Crippen LogP contribution in [0.25, 0.3) is 0 Å². The van der Waals surface area contributed by atoms with E-state index < -0.39 is 0 Å². The molecule has 1 fully saturated rings. The predicted molar refractivity (Wildman–Crippen MR) is 63.1 cm³/mol. The number of ether oxygens (including phenoxy) is 1. The minimum absolute atomic E-state index is 0.162. The first-order chi connectivity index (χ1) is 7.74. The highest BCUT2D eigenvalue weighted by Gasteiger charge is 2.23. The van der Waals surface area contributed by atoms with Crippen LogP contribution in [0.2, 0.25) is 0 Å². The van der Waals surface area contributed by atoms with Crippen molar-refractivity contribution in [3.63, 3.8) is 0 Å². The lowest BCUT2D eigenvalue weighted by Gasteiger charge is -2.16. The summed E-state index contributed by atoms with van der Waals surface area (Å²) in [5.74, 6) is 0.258. The summed E-state index contributed by atoms with van der Waals surface area (Å²) in [4.78, 5) is 11.3. The fourth-order valence-corrected chi connectivity index (χ4v) is 2.25. The molecule has 3 heteroatoms. The maximum absolute atomic E-state index is 11.3. The number of carbonyl (C=O) groups is 1. The molecule has 16 heavy (non-hydrogen) atoms. The van der Waals surface area contributed by atoms with Gasteiger partial charge < -0.3 is 9.84 Å². The summed E-state index contributed by atoms with van der Waals surface area (Å²) in [5, 5.41) is 9.86. The van der Waals surface area contributed by atoms with Gasteiger partial charge in [-0.1, -0.05) is 26.2 Å². The van der Waals surface area contributed by atoms with Gasteiger partial charge in [0.15, 0.2) is 0 Å². The molecule has 0 aromatic carbocycles. The molecule has 0 amide bonds. The van der Waals surface area contributed by atoms with Crippen LogP contribution in [0.3, 0.4) is 0 Å². The third kappa shape index (κ3) is 4.97. The summed E-state index contributed by atoms with van der Waals surface area (Å²) in [6, 6.07) is 0. The lowest BCUT2D eigenvalue weighted by molar-refractivity contribution is -0.144. The molecule has 3 nitrogen and oxygen atoms in total. The molecule has 0 spiro atoms. The maximum Gasteiger partial charge on any atom is 0.305 e. The summed E-state index contributed by atoms with van der Waals surface area (Å²) in [5.41, 5.74) is 0. The molecular weight excluding hydrogens is 204 g/mol. The van der Waals surface area contributed by atoms with Crippen molar-refractivity contribution in [1.29, 1.82) is 0 Å². The lowest BCUT2D eigenvalue weighted by atomic mass is 9.97. The van der Waals surface area contributed by atoms with Crippen molar-refractivity contribution >= 4 is 5.97 Å². The van der Waals surface area contributed by atoms with Gasteiger partial charge in [-0.2, -0.15) is 0 Å². The van der Waals surface area contributed by atoms with E-state index in [4.69, 9.17) is 4.74 Å². The minimum atomic E-state index is -0.304. The van der Waals surface area contributed by atoms with E-state index in [0.717, 1.165) is 25.7 Å². The molecule has 0 heterocycles. The Kier molecular flexibility index (Phi) is 6.46. The van der Waals surface area contributed by atoms with Gasteiger partial charge in [-0.15, -0.1) is 0 Å². The smallest absolute Gasteiger partial charge is 0.305 e. The topological polar surface area (TPSA) is 46.5 Å². The Balaban J connectivity index is 2.06. The van der Waals surface area contributed by atoms with Gasteiger partial charge in [0.05, 0.1) is 12.7 Å². The molecule has 0 aliphatic heterocycles. The Morgan fingerprint density at radius 2 is 2.12 bits per heavy atom. The number of rotatable bonds is 7. The van der Waals surface area contributed by atoms with Gasteiger partial charge in [0.1, 0.15) is 0 Å². The third-order valence-corrected chi connectivity index (χ3v) is 3.35. The Morgan fingerprint density at radius 3 is 2.75 bits per heavy atom. The second-order valence-corrected chi connectivity index (χ2v) is 4.72. The van der Waals surface area contributed by atoms with Gasteiger partial charge in [0.25, 0.3) is 0 Å². The highest BCUT2D eigenvalue weighted by Crippen LogP contribution is 2.29. The van der Waals surface area contributed by atoms with Crippen molar-refractivity contribution in [2.24, 2.45) is 5.92 Å². The predicted octanol–water partition coefficient (Wildman–Crippen LogP) is 2.66. The van der Waals surface area contributed by atoms with Crippen LogP contribution in [0.1, 0.15) is 58.3 Å². The molecule has 0 aromatic rings. The Morgan fingerprint density at radius 1 is 1.44 bits per heavy atom. The molecule has 1 saturated carbocycles. The zero-order valence-electron chi connectivity index (χ0n) is 10.3. The normalized spacial score (nSPS) is 18.6. The third-order valence-electron chi connectivity index (χ3n) is 3.35. The van der Waals surface area contributed by atoms with Crippen molar-refractivity contribution < 1.29 is 14.6 Å². The highest BCUT2D eigenvalue weighted by atomic mass is 16.5. The van der Waals surface area contributed by atoms with Crippen molar-refractivity contribution in [3.8, 4) is 0 Å². The Hall–Kier alpha value is -0.570. The van der Waals surface area contributed by atoms with E-state index in [2.05, 4.69) is 6.92 Å². The van der Waals surface area contributed by atoms with E-state index in [0.29, 0.717) is 25.4 Å². The summed E-state index contributed by atoms with van der Waals surface area (Å²) in [7, 11) is 0. The number of unbranched alkanes of at least 4 members (excludes halogenated alkanes) is 1. The van der Waals surface area contributed by atoms with Crippen LogP contribution in [0.4, 0.5) is 0 Å². The molecule has 0 radical (unpaired) electrons. The van der Waals surface area contributed by atoms with Crippen molar-refractivity contribution in [2.75, 3.05) is 6.61 Å². The fraction of sp³-hybridized carbons (Fsp3) is 0.923. The average molecular weight is 228 g/mol. The number of hydrogen-bond acceptors (Lipinski definition) is 3. The number of carbonyl (C=O) groups excluding carboxylic acids is 1. The lowest BCUT2D eigenvalue weighted by Crippen LogP contribution is -2.19. The van der Waals surface area contributed by atoms with Crippen molar-refractivity contribution in [2.45, 2.75) is 64.4 Å². The van der Waals surface area contributed by atoms with Gasteiger partial charge in [-0.25, -0.2) is 0 Å². The SMILES string of the molecule is CCCCOC(=O)CCC(O)C1CCCC1. The van der Waals surface area contributed by atoms with E-state index in [1.165, 1.54) is 12.8 Å². The minimum Gasteiger partial charge on any atom is -0.466 e. The molecular formula is C13H24O3. The molecule has 94 valence electrons. The molecule has 0 bridgehead atoms. The second-order valence-electron chi connectivity index (χ2n) is 4.72. The summed E-state index contributed by atoms with van der Waals surface area (Å²) < 4.78 is 5.05. The summed E-state index contributed by atoms with van der Waals surface area (Å²) in [6.45, 7) is 2.59. The molecule has 1 rings (SSSR count). The van der Waals surface area contributed by atoms with Crippen LogP contribution < -0.4 is 0 Å². The van der Waals surface area contributed by atoms with E-state index in [1.54, 1.807) is 0 Å². The molecule has 1 aliphatic rings. The molecule has 1 atom stereocenters. The van der Waals surface area contributed by atoms with Gasteiger partial charge in [0.2, 0.25) is 0 Å². The molecule has 0 saturated heterocycles. The van der Waals surface area contributed by atoms with Gasteiger partial charge in [-0.3, -0.25) is 4.79 Å². The van der Waals surface area contributed by atoms with E-state index in [9.17, 15) is 9.90 Å². The summed E-state index contributed by atoms with van der Waals surface area (Å²) >= 11 is 0. The van der Waals surface area contributed by atoms with Gasteiger partial charge in [0, 0.05) is 6.42 Å². The van der Waals surface area contributed by atoms with Gasteiger partial charge in [-0.05, 0) is 31.6 Å². The molecule has 1 N–H and O–H groups in total. The Labute approximate surface area is 98.2 Å². The van der Waals surface area contributed by atoms with E-state index in [1.807, 2.05) is 0 Å². The first-order valence-electron chi connectivity index (χ1n) is 6.57. The quantitative estimate of drug-likeness (QED) is 0.538. The second kappa shape index (κ2) is 7.66. The maximum atomic E-state index is 11.3. The standard InChI is InChI=1S/C13H24O3/c1-2-3-10-16-13(15)9-8-12(14)11-6-4-5-7-11/h11-12,14H,2-10H2,1H3. The van der Waals surface area contributed by atoms with Crippen molar-refractivity contribution in [1.82, 2.24) is 0 Å². The van der Waals surface area contributed by atoms with Crippen LogP contribution in [-0.2, 0) is 9.53 Å². The van der Waals surface area contributed by atoms with E-state index >= 15 is 0 Å².